The molecule has 0 radical (unpaired) electrons. The minimum atomic E-state index is -0.307. The second-order valence-electron chi connectivity index (χ2n) is 4.13. The van der Waals surface area contributed by atoms with Crippen molar-refractivity contribution >= 4 is 11.3 Å². The third-order valence-electron chi connectivity index (χ3n) is 2.84. The summed E-state index contributed by atoms with van der Waals surface area (Å²) in [6.45, 7) is 2.32. The predicted molar refractivity (Wildman–Crippen MR) is 73.1 cm³/mol. The predicted octanol–water partition coefficient (Wildman–Crippen LogP) is 2.43. The van der Waals surface area contributed by atoms with Gasteiger partial charge in [-0.1, -0.05) is 17.4 Å². The van der Waals surface area contributed by atoms with Gasteiger partial charge in [0.25, 0.3) is 0 Å². The van der Waals surface area contributed by atoms with Crippen molar-refractivity contribution in [3.05, 3.63) is 50.3 Å². The minimum Gasteiger partial charge on any atom is -0.496 e. The van der Waals surface area contributed by atoms with Crippen molar-refractivity contribution in [3.8, 4) is 5.75 Å². The van der Waals surface area contributed by atoms with Gasteiger partial charge in [0.2, 0.25) is 0 Å². The van der Waals surface area contributed by atoms with Crippen LogP contribution in [0.5, 0.6) is 5.75 Å². The van der Waals surface area contributed by atoms with Crippen molar-refractivity contribution in [3.63, 3.8) is 0 Å². The summed E-state index contributed by atoms with van der Waals surface area (Å²) in [4.78, 5) is 13.6. The van der Waals surface area contributed by atoms with Crippen molar-refractivity contribution in [2.45, 2.75) is 19.5 Å². The van der Waals surface area contributed by atoms with Crippen molar-refractivity contribution in [1.82, 2.24) is 10.3 Å². The van der Waals surface area contributed by atoms with Crippen LogP contribution in [0.2, 0.25) is 0 Å². The van der Waals surface area contributed by atoms with Crippen LogP contribution in [0.1, 0.15) is 24.2 Å². The molecule has 0 saturated heterocycles. The Morgan fingerprint density at radius 1 is 1.53 bits per heavy atom. The lowest BCUT2D eigenvalue weighted by Gasteiger charge is -2.17. The molecule has 0 saturated carbocycles. The monoisotopic (exact) mass is 282 g/mol. The standard InChI is InChI=1S/C13H15FN2O2S/c1-8(15-6-9-7-19-13(17)16-9)12-10(14)4-3-5-11(12)18-2/h3-5,7-8,15H,6H2,1-2H3,(H,16,17). The molecule has 0 bridgehead atoms. The zero-order valence-corrected chi connectivity index (χ0v) is 11.5. The van der Waals surface area contributed by atoms with Gasteiger partial charge < -0.3 is 15.0 Å². The summed E-state index contributed by atoms with van der Waals surface area (Å²) >= 11 is 1.11. The van der Waals surface area contributed by atoms with Gasteiger partial charge in [0.15, 0.2) is 0 Å². The van der Waals surface area contributed by atoms with Gasteiger partial charge in [0.05, 0.1) is 7.11 Å². The maximum atomic E-state index is 13.8. The van der Waals surface area contributed by atoms with E-state index in [0.29, 0.717) is 17.9 Å². The molecule has 1 atom stereocenters. The molecule has 4 nitrogen and oxygen atoms in total. The number of ether oxygens (including phenoxy) is 1. The maximum Gasteiger partial charge on any atom is 0.304 e. The van der Waals surface area contributed by atoms with Crippen LogP contribution in [-0.4, -0.2) is 12.1 Å². The molecule has 2 aromatic rings. The highest BCUT2D eigenvalue weighted by molar-refractivity contribution is 7.07. The normalized spacial score (nSPS) is 12.4. The van der Waals surface area contributed by atoms with E-state index < -0.39 is 0 Å². The molecule has 0 spiro atoms. The largest absolute Gasteiger partial charge is 0.496 e. The van der Waals surface area contributed by atoms with Gasteiger partial charge in [-0.05, 0) is 19.1 Å². The van der Waals surface area contributed by atoms with Crippen LogP contribution in [0.4, 0.5) is 4.39 Å². The molecule has 1 aromatic carbocycles. The van der Waals surface area contributed by atoms with Gasteiger partial charge in [-0.25, -0.2) is 4.39 Å². The number of rotatable bonds is 5. The molecule has 0 amide bonds. The summed E-state index contributed by atoms with van der Waals surface area (Å²) in [5.74, 6) is 0.206. The summed E-state index contributed by atoms with van der Waals surface area (Å²) in [5, 5.41) is 4.91. The number of aromatic amines is 1. The van der Waals surface area contributed by atoms with Gasteiger partial charge in [-0.3, -0.25) is 4.79 Å². The number of methoxy groups -OCH3 is 1. The number of aromatic nitrogens is 1. The molecule has 1 unspecified atom stereocenters. The average molecular weight is 282 g/mol. The first-order chi connectivity index (χ1) is 9.11. The summed E-state index contributed by atoms with van der Waals surface area (Å²) in [7, 11) is 1.52. The molecule has 2 rings (SSSR count). The first kappa shape index (κ1) is 13.8. The lowest BCUT2D eigenvalue weighted by atomic mass is 10.1. The first-order valence-electron chi connectivity index (χ1n) is 5.84. The molecule has 2 N–H and O–H groups in total. The summed E-state index contributed by atoms with van der Waals surface area (Å²) < 4.78 is 19.0. The fraction of sp³-hybridized carbons (Fsp3) is 0.308. The number of benzene rings is 1. The van der Waals surface area contributed by atoms with E-state index in [1.54, 1.807) is 17.5 Å². The van der Waals surface area contributed by atoms with Crippen LogP contribution in [-0.2, 0) is 6.54 Å². The van der Waals surface area contributed by atoms with E-state index in [1.165, 1.54) is 13.2 Å². The van der Waals surface area contributed by atoms with E-state index in [2.05, 4.69) is 10.3 Å². The number of halogens is 1. The molecule has 19 heavy (non-hydrogen) atoms. The number of nitrogens with one attached hydrogen (secondary N) is 2. The quantitative estimate of drug-likeness (QED) is 0.885. The van der Waals surface area contributed by atoms with Crippen molar-refractivity contribution in [1.29, 1.82) is 0 Å². The Morgan fingerprint density at radius 2 is 2.32 bits per heavy atom. The summed E-state index contributed by atoms with van der Waals surface area (Å²) in [6.07, 6.45) is 0. The Hall–Kier alpha value is -1.66. The number of hydrogen-bond donors (Lipinski definition) is 2. The van der Waals surface area contributed by atoms with E-state index in [0.717, 1.165) is 17.0 Å². The molecule has 0 aliphatic heterocycles. The average Bonchev–Trinajstić information content (AvgIpc) is 2.81. The lowest BCUT2D eigenvalue weighted by Crippen LogP contribution is -2.20. The maximum absolute atomic E-state index is 13.8. The topological polar surface area (TPSA) is 54.1 Å². The van der Waals surface area contributed by atoms with Gasteiger partial charge in [0.1, 0.15) is 11.6 Å². The SMILES string of the molecule is COc1cccc(F)c1C(C)NCc1csc(=O)[nH]1. The van der Waals surface area contributed by atoms with E-state index >= 15 is 0 Å². The van der Waals surface area contributed by atoms with Gasteiger partial charge in [-0.2, -0.15) is 0 Å². The first-order valence-corrected chi connectivity index (χ1v) is 6.72. The lowest BCUT2D eigenvalue weighted by molar-refractivity contribution is 0.393. The Morgan fingerprint density at radius 3 is 2.95 bits per heavy atom. The molecule has 102 valence electrons. The Bertz CT molecular complexity index is 609. The van der Waals surface area contributed by atoms with Gasteiger partial charge in [-0.15, -0.1) is 0 Å². The number of thiazole rings is 1. The number of H-pyrrole nitrogens is 1. The van der Waals surface area contributed by atoms with Crippen LogP contribution < -0.4 is 14.9 Å². The molecular weight excluding hydrogens is 267 g/mol. The van der Waals surface area contributed by atoms with E-state index in [-0.39, 0.29) is 16.7 Å². The third-order valence-corrected chi connectivity index (χ3v) is 3.55. The molecule has 1 heterocycles. The molecule has 0 aliphatic carbocycles. The fourth-order valence-corrected chi connectivity index (χ4v) is 2.46. The Labute approximate surface area is 114 Å². The van der Waals surface area contributed by atoms with E-state index in [9.17, 15) is 9.18 Å². The molecular formula is C13H15FN2O2S. The van der Waals surface area contributed by atoms with E-state index in [1.807, 2.05) is 6.92 Å². The smallest absolute Gasteiger partial charge is 0.304 e. The van der Waals surface area contributed by atoms with Gasteiger partial charge >= 0.3 is 4.87 Å². The third kappa shape index (κ3) is 3.21. The van der Waals surface area contributed by atoms with Crippen molar-refractivity contribution < 1.29 is 9.13 Å². The second-order valence-corrected chi connectivity index (χ2v) is 4.97. The molecule has 0 aliphatic rings. The van der Waals surface area contributed by atoms with Crippen LogP contribution in [0.3, 0.4) is 0 Å². The highest BCUT2D eigenvalue weighted by Gasteiger charge is 2.16. The van der Waals surface area contributed by atoms with Crippen molar-refractivity contribution in [2.24, 2.45) is 0 Å². The second kappa shape index (κ2) is 5.99. The minimum absolute atomic E-state index is 0.0899. The Balaban J connectivity index is 2.11. The van der Waals surface area contributed by atoms with Crippen LogP contribution in [0.25, 0.3) is 0 Å². The van der Waals surface area contributed by atoms with Crippen LogP contribution in [0, 0.1) is 5.82 Å². The molecule has 1 aromatic heterocycles. The van der Waals surface area contributed by atoms with Crippen LogP contribution in [0.15, 0.2) is 28.4 Å². The highest BCUT2D eigenvalue weighted by atomic mass is 32.1. The zero-order valence-electron chi connectivity index (χ0n) is 10.7. The Kier molecular flexibility index (Phi) is 4.34. The molecule has 0 fully saturated rings. The van der Waals surface area contributed by atoms with E-state index in [4.69, 9.17) is 4.74 Å². The van der Waals surface area contributed by atoms with Crippen molar-refractivity contribution in [2.75, 3.05) is 7.11 Å². The fourth-order valence-electron chi connectivity index (χ4n) is 1.88. The summed E-state index contributed by atoms with van der Waals surface area (Å²) in [5.41, 5.74) is 1.28. The molecule has 6 heteroatoms. The van der Waals surface area contributed by atoms with Gasteiger partial charge in [0, 0.05) is 29.2 Å². The number of hydrogen-bond acceptors (Lipinski definition) is 4. The zero-order chi connectivity index (χ0) is 13.8. The highest BCUT2D eigenvalue weighted by Crippen LogP contribution is 2.27. The van der Waals surface area contributed by atoms with Crippen LogP contribution >= 0.6 is 11.3 Å². The summed E-state index contributed by atoms with van der Waals surface area (Å²) in [6, 6.07) is 4.52.